The van der Waals surface area contributed by atoms with Gasteiger partial charge < -0.3 is 9.22 Å². The molecule has 1 rings (SSSR count). The van der Waals surface area contributed by atoms with Gasteiger partial charge in [0.1, 0.15) is 6.29 Å². The highest BCUT2D eigenvalue weighted by molar-refractivity contribution is 6.74. The summed E-state index contributed by atoms with van der Waals surface area (Å²) in [6.07, 6.45) is 6.28. The zero-order valence-corrected chi connectivity index (χ0v) is 14.0. The Morgan fingerprint density at radius 1 is 1.39 bits per heavy atom. The number of hydrogen-bond donors (Lipinski definition) is 0. The molecular weight excluding hydrogens is 240 g/mol. The van der Waals surface area contributed by atoms with Gasteiger partial charge in [0.25, 0.3) is 0 Å². The monoisotopic (exact) mass is 270 g/mol. The second-order valence-corrected chi connectivity index (χ2v) is 12.0. The largest absolute Gasteiger partial charge is 0.411 e. The van der Waals surface area contributed by atoms with Crippen LogP contribution < -0.4 is 0 Å². The van der Waals surface area contributed by atoms with Crippen LogP contribution in [0.2, 0.25) is 18.1 Å². The zero-order chi connectivity index (χ0) is 14.0. The lowest BCUT2D eigenvalue weighted by Crippen LogP contribution is -2.51. The summed E-state index contributed by atoms with van der Waals surface area (Å²) in [6, 6.07) is 0. The van der Waals surface area contributed by atoms with Crippen molar-refractivity contribution in [2.24, 2.45) is 5.92 Å². The van der Waals surface area contributed by atoms with Crippen molar-refractivity contribution in [2.75, 3.05) is 0 Å². The van der Waals surface area contributed by atoms with Gasteiger partial charge in [0.2, 0.25) is 0 Å². The Morgan fingerprint density at radius 3 is 2.44 bits per heavy atom. The maximum absolute atomic E-state index is 11.1. The van der Waals surface area contributed by atoms with Crippen LogP contribution in [0.15, 0.2) is 0 Å². The van der Waals surface area contributed by atoms with Crippen LogP contribution in [0.4, 0.5) is 0 Å². The van der Waals surface area contributed by atoms with Gasteiger partial charge >= 0.3 is 0 Å². The van der Waals surface area contributed by atoms with Gasteiger partial charge in [-0.3, -0.25) is 0 Å². The van der Waals surface area contributed by atoms with Gasteiger partial charge in [-0.15, -0.1) is 0 Å². The van der Waals surface area contributed by atoms with Crippen molar-refractivity contribution in [3.63, 3.8) is 0 Å². The van der Waals surface area contributed by atoms with Gasteiger partial charge in [0, 0.05) is 6.42 Å². The molecule has 106 valence electrons. The molecule has 1 aliphatic rings. The molecule has 0 heterocycles. The molecule has 3 heteroatoms. The van der Waals surface area contributed by atoms with E-state index < -0.39 is 8.32 Å². The number of carbonyl (C=O) groups is 1. The van der Waals surface area contributed by atoms with Crippen LogP contribution in [0.1, 0.15) is 59.8 Å². The molecule has 0 radical (unpaired) electrons. The highest BCUT2D eigenvalue weighted by Crippen LogP contribution is 2.48. The van der Waals surface area contributed by atoms with Crippen molar-refractivity contribution in [1.82, 2.24) is 0 Å². The summed E-state index contributed by atoms with van der Waals surface area (Å²) >= 11 is 0. The fraction of sp³-hybridized carbons (Fsp3) is 0.933. The standard InChI is InChI=1S/C15H30O2Si/c1-7-13-9-8-10-15(13,11-12-16)17-18(5,6)14(2,3)4/h12-13H,7-11H2,1-6H3. The molecule has 0 aromatic heterocycles. The summed E-state index contributed by atoms with van der Waals surface area (Å²) in [5, 5.41) is 0.212. The maximum atomic E-state index is 11.1. The first kappa shape index (κ1) is 15.9. The molecule has 2 unspecified atom stereocenters. The Balaban J connectivity index is 2.96. The van der Waals surface area contributed by atoms with E-state index in [0.29, 0.717) is 12.3 Å². The van der Waals surface area contributed by atoms with Crippen LogP contribution in [-0.2, 0) is 9.22 Å². The van der Waals surface area contributed by atoms with E-state index in [1.54, 1.807) is 0 Å². The van der Waals surface area contributed by atoms with Crippen molar-refractivity contribution in [3.8, 4) is 0 Å². The first-order valence-corrected chi connectivity index (χ1v) is 10.2. The predicted molar refractivity (Wildman–Crippen MR) is 79.3 cm³/mol. The third-order valence-corrected chi connectivity index (χ3v) is 9.61. The molecule has 0 bridgehead atoms. The minimum Gasteiger partial charge on any atom is -0.411 e. The highest BCUT2D eigenvalue weighted by Gasteiger charge is 2.49. The predicted octanol–water partition coefficient (Wildman–Crippen LogP) is 4.55. The molecule has 1 fully saturated rings. The van der Waals surface area contributed by atoms with Crippen molar-refractivity contribution in [3.05, 3.63) is 0 Å². The fourth-order valence-corrected chi connectivity index (χ4v) is 4.61. The van der Waals surface area contributed by atoms with Gasteiger partial charge in [0.05, 0.1) is 5.60 Å². The van der Waals surface area contributed by atoms with Gasteiger partial charge in [0.15, 0.2) is 8.32 Å². The smallest absolute Gasteiger partial charge is 0.192 e. The third-order valence-electron chi connectivity index (χ3n) is 5.08. The summed E-state index contributed by atoms with van der Waals surface area (Å²) in [5.74, 6) is 0.567. The molecule has 2 nitrogen and oxygen atoms in total. The lowest BCUT2D eigenvalue weighted by Gasteiger charge is -2.46. The van der Waals surface area contributed by atoms with Crippen molar-refractivity contribution >= 4 is 14.6 Å². The molecule has 0 amide bonds. The maximum Gasteiger partial charge on any atom is 0.192 e. The topological polar surface area (TPSA) is 26.3 Å². The normalized spacial score (nSPS) is 29.6. The first-order valence-electron chi connectivity index (χ1n) is 7.32. The van der Waals surface area contributed by atoms with Gasteiger partial charge in [-0.05, 0) is 36.9 Å². The van der Waals surface area contributed by atoms with Crippen molar-refractivity contribution in [1.29, 1.82) is 0 Å². The van der Waals surface area contributed by atoms with E-state index in [9.17, 15) is 4.79 Å². The van der Waals surface area contributed by atoms with E-state index in [1.807, 2.05) is 0 Å². The molecule has 1 aliphatic carbocycles. The van der Waals surface area contributed by atoms with Crippen LogP contribution in [0.5, 0.6) is 0 Å². The van der Waals surface area contributed by atoms with E-state index in [0.717, 1.165) is 19.1 Å². The van der Waals surface area contributed by atoms with Crippen LogP contribution in [0, 0.1) is 5.92 Å². The second-order valence-electron chi connectivity index (χ2n) is 7.30. The molecule has 18 heavy (non-hydrogen) atoms. The average Bonchev–Trinajstić information content (AvgIpc) is 2.58. The van der Waals surface area contributed by atoms with Crippen molar-refractivity contribution in [2.45, 2.75) is 83.5 Å². The van der Waals surface area contributed by atoms with E-state index in [1.165, 1.54) is 12.8 Å². The quantitative estimate of drug-likeness (QED) is 0.541. The fourth-order valence-electron chi connectivity index (χ4n) is 2.94. The summed E-state index contributed by atoms with van der Waals surface area (Å²) in [6.45, 7) is 13.6. The van der Waals surface area contributed by atoms with E-state index in [-0.39, 0.29) is 10.6 Å². The summed E-state index contributed by atoms with van der Waals surface area (Å²) in [5.41, 5.74) is -0.153. The Kier molecular flexibility index (Phi) is 4.82. The SMILES string of the molecule is CCC1CCCC1(CC=O)O[Si](C)(C)C(C)(C)C. The Labute approximate surface area is 114 Å². The molecule has 0 aromatic carbocycles. The third kappa shape index (κ3) is 3.05. The molecule has 0 aromatic rings. The van der Waals surface area contributed by atoms with Gasteiger partial charge in [-0.2, -0.15) is 0 Å². The van der Waals surface area contributed by atoms with Crippen LogP contribution in [0.3, 0.4) is 0 Å². The van der Waals surface area contributed by atoms with Gasteiger partial charge in [-0.25, -0.2) is 0 Å². The molecular formula is C15H30O2Si. The van der Waals surface area contributed by atoms with E-state index >= 15 is 0 Å². The minimum absolute atomic E-state index is 0.153. The lowest BCUT2D eigenvalue weighted by atomic mass is 9.86. The molecule has 2 atom stereocenters. The van der Waals surface area contributed by atoms with Crippen LogP contribution >= 0.6 is 0 Å². The number of aldehydes is 1. The van der Waals surface area contributed by atoms with Gasteiger partial charge in [-0.1, -0.05) is 40.5 Å². The Hall–Kier alpha value is -0.153. The average molecular weight is 270 g/mol. The number of carbonyl (C=O) groups excluding carboxylic acids is 1. The molecule has 1 saturated carbocycles. The second kappa shape index (κ2) is 5.46. The summed E-state index contributed by atoms with van der Waals surface area (Å²) < 4.78 is 6.70. The van der Waals surface area contributed by atoms with E-state index in [2.05, 4.69) is 40.8 Å². The number of hydrogen-bond acceptors (Lipinski definition) is 2. The molecule has 0 aliphatic heterocycles. The minimum atomic E-state index is -1.80. The first-order chi connectivity index (χ1) is 8.18. The molecule has 0 N–H and O–H groups in total. The van der Waals surface area contributed by atoms with Crippen LogP contribution in [-0.4, -0.2) is 20.2 Å². The Bertz CT molecular complexity index is 293. The zero-order valence-electron chi connectivity index (χ0n) is 13.0. The van der Waals surface area contributed by atoms with E-state index in [4.69, 9.17) is 4.43 Å². The van der Waals surface area contributed by atoms with Crippen molar-refractivity contribution < 1.29 is 9.22 Å². The molecule has 0 spiro atoms. The van der Waals surface area contributed by atoms with Crippen LogP contribution in [0.25, 0.3) is 0 Å². The lowest BCUT2D eigenvalue weighted by molar-refractivity contribution is -0.113. The Morgan fingerprint density at radius 2 is 2.00 bits per heavy atom. The summed E-state index contributed by atoms with van der Waals surface area (Å²) in [7, 11) is -1.80. The molecule has 0 saturated heterocycles. The summed E-state index contributed by atoms with van der Waals surface area (Å²) in [4.78, 5) is 11.1. The number of rotatable bonds is 5. The highest BCUT2D eigenvalue weighted by atomic mass is 28.4.